The number of allylic oxidation sites excluding steroid dienone is 1. The number of sulfonamides is 1. The van der Waals surface area contributed by atoms with Crippen LogP contribution in [0.1, 0.15) is 41.5 Å². The number of carbonyl (C=O) groups is 1. The summed E-state index contributed by atoms with van der Waals surface area (Å²) in [5.74, 6) is -0.492. The molecule has 168 valence electrons. The third-order valence-corrected chi connectivity index (χ3v) is 7.04. The lowest BCUT2D eigenvalue weighted by atomic mass is 10.1. The van der Waals surface area contributed by atoms with Gasteiger partial charge in [-0.25, -0.2) is 13.4 Å². The molecule has 1 atom stereocenters. The van der Waals surface area contributed by atoms with E-state index in [1.165, 1.54) is 22.9 Å². The van der Waals surface area contributed by atoms with Crippen LogP contribution in [0, 0.1) is 0 Å². The first-order chi connectivity index (χ1) is 14.4. The Morgan fingerprint density at radius 2 is 2.06 bits per heavy atom. The smallest absolute Gasteiger partial charge is 0.336 e. The molecule has 1 aliphatic heterocycles. The molecule has 0 unspecified atom stereocenters. The monoisotopic (exact) mass is 495 g/mol. The van der Waals surface area contributed by atoms with E-state index < -0.39 is 37.9 Å². The Bertz CT molecular complexity index is 1140. The van der Waals surface area contributed by atoms with Gasteiger partial charge < -0.3 is 4.57 Å². The van der Waals surface area contributed by atoms with Gasteiger partial charge in [0.15, 0.2) is 5.78 Å². The van der Waals surface area contributed by atoms with Crippen molar-refractivity contribution in [2.24, 2.45) is 0 Å². The number of carbonyl (C=O) groups excluding carboxylic acids is 1. The van der Waals surface area contributed by atoms with Gasteiger partial charge in [0.1, 0.15) is 21.8 Å². The van der Waals surface area contributed by atoms with E-state index >= 15 is 0 Å². The second kappa shape index (κ2) is 8.93. The third kappa shape index (κ3) is 5.14. The summed E-state index contributed by atoms with van der Waals surface area (Å²) in [4.78, 5) is 16.4. The van der Waals surface area contributed by atoms with Crippen LogP contribution in [0.5, 0.6) is 0 Å². The minimum atomic E-state index is -4.79. The number of ketones is 1. The van der Waals surface area contributed by atoms with E-state index in [1.54, 1.807) is 16.9 Å². The van der Waals surface area contributed by atoms with Crippen LogP contribution >= 0.6 is 23.2 Å². The molecule has 0 radical (unpaired) electrons. The van der Waals surface area contributed by atoms with Crippen molar-refractivity contribution < 1.29 is 26.4 Å². The number of Topliss-reactive ketones (excluding diaryl/α,β-unsaturated/α-hetero) is 1. The van der Waals surface area contributed by atoms with Gasteiger partial charge in [0.25, 0.3) is 0 Å². The zero-order valence-electron chi connectivity index (χ0n) is 16.2. The van der Waals surface area contributed by atoms with E-state index in [0.717, 1.165) is 0 Å². The second-order valence-electron chi connectivity index (χ2n) is 7.04. The lowest BCUT2D eigenvalue weighted by Crippen LogP contribution is -2.43. The van der Waals surface area contributed by atoms with Crippen LogP contribution in [0.25, 0.3) is 6.08 Å². The summed E-state index contributed by atoms with van der Waals surface area (Å²) < 4.78 is 67.6. The molecular weight excluding hydrogens is 478 g/mol. The molecule has 0 spiro atoms. The summed E-state index contributed by atoms with van der Waals surface area (Å²) >= 11 is 12.2. The van der Waals surface area contributed by atoms with Gasteiger partial charge in [-0.2, -0.15) is 17.9 Å². The molecule has 2 aromatic heterocycles. The summed E-state index contributed by atoms with van der Waals surface area (Å²) in [6, 6.07) is 0.731. The normalized spacial score (nSPS) is 15.4. The molecule has 0 bridgehead atoms. The maximum absolute atomic E-state index is 13.1. The molecule has 0 amide bonds. The van der Waals surface area contributed by atoms with Gasteiger partial charge in [0, 0.05) is 19.2 Å². The van der Waals surface area contributed by atoms with E-state index in [2.05, 4.69) is 4.98 Å². The lowest BCUT2D eigenvalue weighted by molar-refractivity contribution is -0.147. The fraction of sp³-hybridized carbons (Fsp3) is 0.368. The summed E-state index contributed by atoms with van der Waals surface area (Å²) in [5, 5.41) is -0.226. The summed E-state index contributed by atoms with van der Waals surface area (Å²) in [5.41, 5.74) is 0.533. The van der Waals surface area contributed by atoms with Gasteiger partial charge in [-0.15, -0.1) is 0 Å². The van der Waals surface area contributed by atoms with Crippen LogP contribution in [0.2, 0.25) is 10.2 Å². The average Bonchev–Trinajstić information content (AvgIpc) is 2.76. The molecular formula is C19H18Cl2F3N3O3S. The van der Waals surface area contributed by atoms with E-state index in [1.807, 2.05) is 0 Å². The minimum Gasteiger partial charge on any atom is -0.336 e. The number of halogens is 5. The predicted molar refractivity (Wildman–Crippen MR) is 111 cm³/mol. The van der Waals surface area contributed by atoms with Gasteiger partial charge in [0.2, 0.25) is 10.0 Å². The highest BCUT2D eigenvalue weighted by Gasteiger charge is 2.41. The molecule has 0 fully saturated rings. The standard InChI is InChI=1S/C19H18Cl2F3N3O3S/c1-11(19(22,23)24)26-31(29,30)18-13-5-3-2-4-8-27(13)17(16(18)21)14(28)9-12-6-7-25-15(20)10-12/h3,5-7,10-11,26H,2,4,8-9H2,1H3/t11-/m1/s1. The highest BCUT2D eigenvalue weighted by molar-refractivity contribution is 7.89. The van der Waals surface area contributed by atoms with Gasteiger partial charge >= 0.3 is 6.18 Å². The van der Waals surface area contributed by atoms with Gasteiger partial charge in [0.05, 0.1) is 10.7 Å². The minimum absolute atomic E-state index is 0.0699. The number of rotatable bonds is 6. The van der Waals surface area contributed by atoms with Crippen LogP contribution in [-0.4, -0.2) is 36.0 Å². The first kappa shape index (κ1) is 23.8. The number of nitrogens with zero attached hydrogens (tertiary/aromatic N) is 2. The fourth-order valence-electron chi connectivity index (χ4n) is 3.25. The van der Waals surface area contributed by atoms with Crippen molar-refractivity contribution in [3.8, 4) is 0 Å². The zero-order valence-corrected chi connectivity index (χ0v) is 18.5. The third-order valence-electron chi connectivity index (χ3n) is 4.74. The molecule has 0 saturated carbocycles. The second-order valence-corrected chi connectivity index (χ2v) is 9.46. The Hall–Kier alpha value is -1.88. The number of hydrogen-bond acceptors (Lipinski definition) is 4. The van der Waals surface area contributed by atoms with Crippen molar-refractivity contribution in [2.45, 2.75) is 49.8 Å². The molecule has 31 heavy (non-hydrogen) atoms. The predicted octanol–water partition coefficient (Wildman–Crippen LogP) is 4.65. The molecule has 0 saturated heterocycles. The number of fused-ring (bicyclic) bond motifs is 1. The molecule has 1 aliphatic rings. The Labute approximate surface area is 187 Å². The van der Waals surface area contributed by atoms with Crippen molar-refractivity contribution in [2.75, 3.05) is 0 Å². The molecule has 6 nitrogen and oxygen atoms in total. The van der Waals surface area contributed by atoms with E-state index in [4.69, 9.17) is 23.2 Å². The molecule has 0 aromatic carbocycles. The summed E-state index contributed by atoms with van der Waals surface area (Å²) in [6.45, 7) is 0.972. The Morgan fingerprint density at radius 1 is 1.35 bits per heavy atom. The molecule has 3 rings (SSSR count). The van der Waals surface area contributed by atoms with Crippen LogP contribution in [-0.2, 0) is 23.0 Å². The quantitative estimate of drug-likeness (QED) is 0.467. The van der Waals surface area contributed by atoms with Crippen molar-refractivity contribution in [1.29, 1.82) is 0 Å². The SMILES string of the molecule is C[C@@H](NS(=O)(=O)c1c(Cl)c(C(=O)Cc2ccnc(Cl)c2)n2c1C=CCCC2)C(F)(F)F. The average molecular weight is 496 g/mol. The topological polar surface area (TPSA) is 81.1 Å². The molecule has 1 N–H and O–H groups in total. The Balaban J connectivity index is 2.09. The fourth-order valence-corrected chi connectivity index (χ4v) is 5.56. The number of hydrogen-bond donors (Lipinski definition) is 1. The molecule has 12 heteroatoms. The first-order valence-electron chi connectivity index (χ1n) is 9.23. The number of nitrogens with one attached hydrogen (secondary N) is 1. The largest absolute Gasteiger partial charge is 0.404 e. The summed E-state index contributed by atoms with van der Waals surface area (Å²) in [7, 11) is -4.68. The Kier molecular flexibility index (Phi) is 6.85. The molecule has 2 aromatic rings. The van der Waals surface area contributed by atoms with Crippen molar-refractivity contribution >= 4 is 45.1 Å². The maximum atomic E-state index is 13.1. The number of pyridine rings is 1. The zero-order chi connectivity index (χ0) is 23.0. The van der Waals surface area contributed by atoms with Gasteiger partial charge in [-0.1, -0.05) is 29.3 Å². The van der Waals surface area contributed by atoms with Gasteiger partial charge in [-0.3, -0.25) is 4.79 Å². The lowest BCUT2D eigenvalue weighted by Gasteiger charge is -2.17. The van der Waals surface area contributed by atoms with Crippen LogP contribution in [0.15, 0.2) is 29.3 Å². The van der Waals surface area contributed by atoms with Crippen LogP contribution in [0.4, 0.5) is 13.2 Å². The highest BCUT2D eigenvalue weighted by atomic mass is 35.5. The molecule has 0 aliphatic carbocycles. The highest BCUT2D eigenvalue weighted by Crippen LogP contribution is 2.36. The van der Waals surface area contributed by atoms with Crippen LogP contribution in [0.3, 0.4) is 0 Å². The van der Waals surface area contributed by atoms with E-state index in [0.29, 0.717) is 25.3 Å². The van der Waals surface area contributed by atoms with Gasteiger partial charge in [-0.05, 0) is 43.5 Å². The summed E-state index contributed by atoms with van der Waals surface area (Å²) in [6.07, 6.45) is 0.864. The maximum Gasteiger partial charge on any atom is 0.404 e. The molecule has 3 heterocycles. The van der Waals surface area contributed by atoms with Crippen LogP contribution < -0.4 is 4.72 Å². The number of alkyl halides is 3. The van der Waals surface area contributed by atoms with E-state index in [9.17, 15) is 26.4 Å². The Morgan fingerprint density at radius 3 is 2.71 bits per heavy atom. The van der Waals surface area contributed by atoms with Crippen molar-refractivity contribution in [3.05, 3.63) is 51.5 Å². The van der Waals surface area contributed by atoms with Crippen molar-refractivity contribution in [1.82, 2.24) is 14.3 Å². The van der Waals surface area contributed by atoms with E-state index in [-0.39, 0.29) is 29.5 Å². The van der Waals surface area contributed by atoms with Crippen molar-refractivity contribution in [3.63, 3.8) is 0 Å². The first-order valence-corrected chi connectivity index (χ1v) is 11.5. The number of aromatic nitrogens is 2.